The van der Waals surface area contributed by atoms with Gasteiger partial charge in [-0.05, 0) is 44.6 Å². The van der Waals surface area contributed by atoms with Crippen LogP contribution in [0, 0.1) is 5.95 Å². The summed E-state index contributed by atoms with van der Waals surface area (Å²) in [4.78, 5) is 32.9. The molecule has 2 aliphatic carbocycles. The number of alkyl carbamates (subject to hydrolysis) is 1. The van der Waals surface area contributed by atoms with Crippen molar-refractivity contribution in [3.05, 3.63) is 42.2 Å². The van der Waals surface area contributed by atoms with Gasteiger partial charge < -0.3 is 30.7 Å². The molecule has 0 unspecified atom stereocenters. The summed E-state index contributed by atoms with van der Waals surface area (Å²) in [6, 6.07) is 5.14. The third-order valence-electron chi connectivity index (χ3n) is 6.54. The molecule has 2 fully saturated rings. The van der Waals surface area contributed by atoms with E-state index in [1.54, 1.807) is 7.11 Å². The molecule has 38 heavy (non-hydrogen) atoms. The number of aromatic nitrogens is 4. The van der Waals surface area contributed by atoms with E-state index in [1.165, 1.54) is 23.0 Å². The Morgan fingerprint density at radius 3 is 2.50 bits per heavy atom. The Balaban J connectivity index is 1.27. The Bertz CT molecular complexity index is 1290. The van der Waals surface area contributed by atoms with Crippen LogP contribution < -0.4 is 21.3 Å². The maximum absolute atomic E-state index is 13.5. The molecule has 12 nitrogen and oxygen atoms in total. The van der Waals surface area contributed by atoms with Gasteiger partial charge >= 0.3 is 6.09 Å². The fraction of sp³-hybridized carbons (Fsp3) is 0.480. The predicted octanol–water partition coefficient (Wildman–Crippen LogP) is 3.19. The van der Waals surface area contributed by atoms with Crippen LogP contribution in [0.5, 0.6) is 0 Å². The minimum atomic E-state index is -0.686. The van der Waals surface area contributed by atoms with Crippen molar-refractivity contribution in [1.29, 1.82) is 0 Å². The van der Waals surface area contributed by atoms with E-state index in [1.807, 2.05) is 6.07 Å². The number of halogens is 1. The molecule has 2 amide bonds. The van der Waals surface area contributed by atoms with Gasteiger partial charge in [0.15, 0.2) is 11.3 Å². The van der Waals surface area contributed by atoms with Crippen molar-refractivity contribution in [2.45, 2.75) is 56.7 Å². The lowest BCUT2D eigenvalue weighted by Gasteiger charge is -2.29. The zero-order chi connectivity index (χ0) is 26.5. The van der Waals surface area contributed by atoms with Crippen molar-refractivity contribution in [3.63, 3.8) is 0 Å². The van der Waals surface area contributed by atoms with Gasteiger partial charge in [0.05, 0.1) is 18.5 Å². The first kappa shape index (κ1) is 25.6. The number of hydrogen-bond acceptors (Lipinski definition) is 9. The second-order valence-electron chi connectivity index (χ2n) is 9.53. The molecule has 0 aromatic carbocycles. The molecule has 0 aliphatic heterocycles. The lowest BCUT2D eigenvalue weighted by atomic mass is 9.91. The number of amides is 2. The maximum atomic E-state index is 13.5. The second kappa shape index (κ2) is 11.6. The topological polar surface area (TPSA) is 144 Å². The molecule has 3 aromatic rings. The molecule has 2 aliphatic rings. The van der Waals surface area contributed by atoms with Gasteiger partial charge in [0.1, 0.15) is 12.4 Å². The Hall–Kier alpha value is -4.00. The number of hydrogen-bond donors (Lipinski definition) is 4. The Morgan fingerprint density at radius 1 is 1.03 bits per heavy atom. The number of nitrogens with one attached hydrogen (secondary N) is 4. The minimum absolute atomic E-state index is 0.0487. The van der Waals surface area contributed by atoms with Gasteiger partial charge in [0.2, 0.25) is 5.95 Å². The minimum Gasteiger partial charge on any atom is -0.447 e. The van der Waals surface area contributed by atoms with Crippen LogP contribution in [-0.4, -0.2) is 70.0 Å². The Kier molecular flexibility index (Phi) is 7.82. The van der Waals surface area contributed by atoms with E-state index >= 15 is 0 Å². The van der Waals surface area contributed by atoms with Crippen LogP contribution in [0.15, 0.2) is 30.6 Å². The predicted molar refractivity (Wildman–Crippen MR) is 138 cm³/mol. The summed E-state index contributed by atoms with van der Waals surface area (Å²) in [5.74, 6) is -0.540. The highest BCUT2D eigenvalue weighted by Gasteiger charge is 2.26. The van der Waals surface area contributed by atoms with Crippen molar-refractivity contribution >= 4 is 34.8 Å². The lowest BCUT2D eigenvalue weighted by Crippen LogP contribution is -2.40. The van der Waals surface area contributed by atoms with Crippen LogP contribution in [0.25, 0.3) is 5.65 Å². The molecule has 13 heteroatoms. The van der Waals surface area contributed by atoms with Gasteiger partial charge in [-0.25, -0.2) is 19.3 Å². The summed E-state index contributed by atoms with van der Waals surface area (Å²) in [5, 5.41) is 17.2. The number of anilines is 3. The summed E-state index contributed by atoms with van der Waals surface area (Å²) in [6.07, 6.45) is 7.72. The summed E-state index contributed by atoms with van der Waals surface area (Å²) in [6.45, 7) is 0.583. The van der Waals surface area contributed by atoms with Gasteiger partial charge in [-0.2, -0.15) is 4.39 Å². The van der Waals surface area contributed by atoms with E-state index in [-0.39, 0.29) is 30.1 Å². The average Bonchev–Trinajstić information content (AvgIpc) is 3.60. The molecule has 0 saturated heterocycles. The van der Waals surface area contributed by atoms with E-state index in [0.717, 1.165) is 50.3 Å². The number of carbonyl (C=O) groups is 2. The van der Waals surface area contributed by atoms with Crippen molar-refractivity contribution in [3.8, 4) is 0 Å². The number of imidazole rings is 1. The molecule has 3 heterocycles. The monoisotopic (exact) mass is 526 g/mol. The number of ether oxygens (including phenoxy) is 2. The normalized spacial score (nSPS) is 19.1. The van der Waals surface area contributed by atoms with Gasteiger partial charge in [-0.15, -0.1) is 5.10 Å². The first-order valence-electron chi connectivity index (χ1n) is 12.8. The fourth-order valence-electron chi connectivity index (χ4n) is 4.44. The summed E-state index contributed by atoms with van der Waals surface area (Å²) < 4.78 is 25.0. The van der Waals surface area contributed by atoms with Gasteiger partial charge in [0, 0.05) is 49.3 Å². The van der Waals surface area contributed by atoms with Crippen molar-refractivity contribution in [1.82, 2.24) is 24.9 Å². The first-order chi connectivity index (χ1) is 18.5. The maximum Gasteiger partial charge on any atom is 0.407 e. The lowest BCUT2D eigenvalue weighted by molar-refractivity contribution is 0.0950. The quantitative estimate of drug-likeness (QED) is 0.231. The highest BCUT2D eigenvalue weighted by molar-refractivity contribution is 6.03. The zero-order valence-corrected chi connectivity index (χ0v) is 21.1. The molecule has 4 N–H and O–H groups in total. The van der Waals surface area contributed by atoms with E-state index in [0.29, 0.717) is 24.1 Å². The molecule has 3 aromatic heterocycles. The third kappa shape index (κ3) is 6.46. The van der Waals surface area contributed by atoms with E-state index in [9.17, 15) is 14.0 Å². The van der Waals surface area contributed by atoms with Crippen LogP contribution in [0.3, 0.4) is 0 Å². The van der Waals surface area contributed by atoms with Crippen molar-refractivity contribution in [2.75, 3.05) is 36.3 Å². The number of nitrogens with zero attached hydrogens (tertiary/aromatic N) is 4. The van der Waals surface area contributed by atoms with Crippen LogP contribution in [0.1, 0.15) is 49.0 Å². The van der Waals surface area contributed by atoms with Crippen LogP contribution in [0.2, 0.25) is 0 Å². The van der Waals surface area contributed by atoms with Crippen molar-refractivity contribution in [2.24, 2.45) is 0 Å². The van der Waals surface area contributed by atoms with E-state index < -0.39 is 17.9 Å². The van der Waals surface area contributed by atoms with Crippen molar-refractivity contribution < 1.29 is 23.5 Å². The second-order valence-corrected chi connectivity index (χ2v) is 9.53. The van der Waals surface area contributed by atoms with E-state index in [2.05, 4.69) is 36.3 Å². The zero-order valence-electron chi connectivity index (χ0n) is 21.1. The van der Waals surface area contributed by atoms with Gasteiger partial charge in [-0.1, -0.05) is 0 Å². The molecule has 0 bridgehead atoms. The van der Waals surface area contributed by atoms with Crippen LogP contribution >= 0.6 is 0 Å². The smallest absolute Gasteiger partial charge is 0.407 e. The molecule has 0 atom stereocenters. The number of fused-ring (bicyclic) bond motifs is 1. The SMILES string of the molecule is COCCOC(=O)N[C@H]1CC[C@H](Nc2cc(NC3CC3)c3ncc(C(=O)Nc4ccnc(F)c4)n3n2)CC1. The molecule has 2 saturated carbocycles. The number of methoxy groups -OCH3 is 1. The molecule has 0 spiro atoms. The van der Waals surface area contributed by atoms with Gasteiger partial charge in [0.25, 0.3) is 5.91 Å². The van der Waals surface area contributed by atoms with E-state index in [4.69, 9.17) is 9.47 Å². The first-order valence-corrected chi connectivity index (χ1v) is 12.8. The third-order valence-corrected chi connectivity index (χ3v) is 6.54. The largest absolute Gasteiger partial charge is 0.447 e. The summed E-state index contributed by atoms with van der Waals surface area (Å²) in [5.41, 5.74) is 1.83. The molecular formula is C25H31FN8O4. The number of carbonyl (C=O) groups excluding carboxylic acids is 2. The van der Waals surface area contributed by atoms with Crippen LogP contribution in [-0.2, 0) is 9.47 Å². The highest BCUT2D eigenvalue weighted by Crippen LogP contribution is 2.30. The summed E-state index contributed by atoms with van der Waals surface area (Å²) >= 11 is 0. The number of rotatable bonds is 10. The molecule has 0 radical (unpaired) electrons. The average molecular weight is 527 g/mol. The molecule has 5 rings (SSSR count). The molecular weight excluding hydrogens is 495 g/mol. The standard InChI is InChI=1S/C25H31FN8O4/c1-37-10-11-38-25(36)32-17-6-4-16(5-7-17)30-22-13-19(29-15-2-3-15)23-28-14-20(34(23)33-22)24(35)31-18-8-9-27-21(26)12-18/h8-9,12-17,29H,2-7,10-11H2,1H3,(H,30,33)(H,32,36)(H,27,31,35)/t16-,17-. The van der Waals surface area contributed by atoms with Crippen LogP contribution in [0.4, 0.5) is 26.4 Å². The number of pyridine rings is 1. The Morgan fingerprint density at radius 2 is 1.76 bits per heavy atom. The summed E-state index contributed by atoms with van der Waals surface area (Å²) in [7, 11) is 1.56. The Labute approximate surface area is 218 Å². The highest BCUT2D eigenvalue weighted by atomic mass is 19.1. The molecule has 202 valence electrons. The van der Waals surface area contributed by atoms with Gasteiger partial charge in [-0.3, -0.25) is 4.79 Å². The fourth-order valence-corrected chi connectivity index (χ4v) is 4.44.